The first-order chi connectivity index (χ1) is 8.18. The standard InChI is InChI=1S/C15H18O2.Na/c1-11(15(16)17)12-7-9-14(10-8-12)13-5-3-2-4-6-13;/h5,7-11H,2-4,6H2,1H3,(H,16,17);/q;+1/p-1. The number of benzene rings is 1. The molecule has 0 amide bonds. The van der Waals surface area contributed by atoms with Crippen LogP contribution in [0.5, 0.6) is 0 Å². The van der Waals surface area contributed by atoms with E-state index in [0.29, 0.717) is 0 Å². The summed E-state index contributed by atoms with van der Waals surface area (Å²) in [5.41, 5.74) is 3.42. The molecule has 0 heterocycles. The molecule has 0 saturated carbocycles. The van der Waals surface area contributed by atoms with Gasteiger partial charge in [0.25, 0.3) is 0 Å². The van der Waals surface area contributed by atoms with Crippen LogP contribution in [0.4, 0.5) is 0 Å². The van der Waals surface area contributed by atoms with Gasteiger partial charge >= 0.3 is 29.6 Å². The molecule has 1 aliphatic carbocycles. The second-order valence-corrected chi connectivity index (χ2v) is 4.64. The number of carbonyl (C=O) groups excluding carboxylic acids is 1. The van der Waals surface area contributed by atoms with E-state index in [9.17, 15) is 9.90 Å². The predicted octanol–water partition coefficient (Wildman–Crippen LogP) is -0.499. The van der Waals surface area contributed by atoms with Gasteiger partial charge in [0, 0.05) is 11.9 Å². The zero-order valence-electron chi connectivity index (χ0n) is 11.1. The van der Waals surface area contributed by atoms with Gasteiger partial charge in [-0.3, -0.25) is 0 Å². The third-order valence-corrected chi connectivity index (χ3v) is 3.43. The van der Waals surface area contributed by atoms with Crippen molar-refractivity contribution in [2.24, 2.45) is 0 Å². The molecular weight excluding hydrogens is 235 g/mol. The molecule has 1 aromatic carbocycles. The summed E-state index contributed by atoms with van der Waals surface area (Å²) in [5.74, 6) is -1.56. The Morgan fingerprint density at radius 2 is 1.89 bits per heavy atom. The molecule has 0 aromatic heterocycles. The Morgan fingerprint density at radius 3 is 2.39 bits per heavy atom. The van der Waals surface area contributed by atoms with Crippen LogP contribution in [0, 0.1) is 0 Å². The fourth-order valence-corrected chi connectivity index (χ4v) is 2.22. The fourth-order valence-electron chi connectivity index (χ4n) is 2.22. The van der Waals surface area contributed by atoms with Crippen LogP contribution in [-0.4, -0.2) is 5.97 Å². The summed E-state index contributed by atoms with van der Waals surface area (Å²) >= 11 is 0. The number of carboxylic acid groups (broad SMARTS) is 1. The third kappa shape index (κ3) is 3.71. The fraction of sp³-hybridized carbons (Fsp3) is 0.400. The minimum absolute atomic E-state index is 0. The molecule has 1 unspecified atom stereocenters. The maximum atomic E-state index is 10.8. The molecule has 90 valence electrons. The van der Waals surface area contributed by atoms with Crippen molar-refractivity contribution >= 4 is 11.5 Å². The Morgan fingerprint density at radius 1 is 1.22 bits per heavy atom. The number of allylic oxidation sites excluding steroid dienone is 2. The molecule has 0 fully saturated rings. The molecule has 2 rings (SSSR count). The van der Waals surface area contributed by atoms with E-state index in [1.165, 1.54) is 24.0 Å². The average molecular weight is 252 g/mol. The summed E-state index contributed by atoms with van der Waals surface area (Å²) in [6, 6.07) is 7.83. The molecule has 1 atom stereocenters. The Balaban J connectivity index is 0.00000162. The van der Waals surface area contributed by atoms with Gasteiger partial charge in [0.15, 0.2) is 0 Å². The molecule has 0 bridgehead atoms. The van der Waals surface area contributed by atoms with Crippen molar-refractivity contribution < 1.29 is 39.5 Å². The molecule has 0 aliphatic heterocycles. The van der Waals surface area contributed by atoms with Crippen LogP contribution >= 0.6 is 0 Å². The zero-order valence-corrected chi connectivity index (χ0v) is 13.1. The van der Waals surface area contributed by atoms with Gasteiger partial charge < -0.3 is 9.90 Å². The molecule has 0 saturated heterocycles. The van der Waals surface area contributed by atoms with Crippen molar-refractivity contribution in [1.82, 2.24) is 0 Å². The average Bonchev–Trinajstić information content (AvgIpc) is 2.39. The SMILES string of the molecule is CC(C(=O)[O-])c1ccc(C2=CCCCC2)cc1.[Na+]. The van der Waals surface area contributed by atoms with Crippen LogP contribution in [0.15, 0.2) is 30.3 Å². The largest absolute Gasteiger partial charge is 1.00 e. The number of hydrogen-bond donors (Lipinski definition) is 0. The summed E-state index contributed by atoms with van der Waals surface area (Å²) in [6.07, 6.45) is 7.12. The first-order valence-electron chi connectivity index (χ1n) is 6.18. The number of carbonyl (C=O) groups is 1. The normalized spacial score (nSPS) is 16.4. The molecule has 3 heteroatoms. The monoisotopic (exact) mass is 252 g/mol. The minimum Gasteiger partial charge on any atom is -0.550 e. The van der Waals surface area contributed by atoms with Crippen molar-refractivity contribution in [2.75, 3.05) is 0 Å². The summed E-state index contributed by atoms with van der Waals surface area (Å²) in [6.45, 7) is 1.66. The number of aliphatic carboxylic acids is 1. The van der Waals surface area contributed by atoms with Crippen molar-refractivity contribution in [3.05, 3.63) is 41.5 Å². The second-order valence-electron chi connectivity index (χ2n) is 4.64. The Hall–Kier alpha value is -0.570. The number of hydrogen-bond acceptors (Lipinski definition) is 2. The molecule has 18 heavy (non-hydrogen) atoms. The van der Waals surface area contributed by atoms with E-state index < -0.39 is 11.9 Å². The first kappa shape index (κ1) is 15.5. The molecular formula is C15H17NaO2. The van der Waals surface area contributed by atoms with Gasteiger partial charge in [0.05, 0.1) is 0 Å². The van der Waals surface area contributed by atoms with Gasteiger partial charge in [-0.2, -0.15) is 0 Å². The van der Waals surface area contributed by atoms with E-state index in [0.717, 1.165) is 18.4 Å². The maximum absolute atomic E-state index is 10.8. The molecule has 0 spiro atoms. The van der Waals surface area contributed by atoms with Gasteiger partial charge in [0.2, 0.25) is 0 Å². The van der Waals surface area contributed by atoms with E-state index in [2.05, 4.69) is 6.08 Å². The van der Waals surface area contributed by atoms with Crippen LogP contribution in [-0.2, 0) is 4.79 Å². The van der Waals surface area contributed by atoms with E-state index in [1.54, 1.807) is 6.92 Å². The van der Waals surface area contributed by atoms with Crippen molar-refractivity contribution in [2.45, 2.75) is 38.5 Å². The first-order valence-corrected chi connectivity index (χ1v) is 6.18. The molecule has 0 N–H and O–H groups in total. The van der Waals surface area contributed by atoms with Crippen LogP contribution in [0.25, 0.3) is 5.57 Å². The summed E-state index contributed by atoms with van der Waals surface area (Å²) in [7, 11) is 0. The van der Waals surface area contributed by atoms with E-state index in [-0.39, 0.29) is 29.6 Å². The van der Waals surface area contributed by atoms with Crippen molar-refractivity contribution in [3.63, 3.8) is 0 Å². The minimum atomic E-state index is -1.02. The van der Waals surface area contributed by atoms with Crippen LogP contribution in [0.1, 0.15) is 49.7 Å². The number of carboxylic acids is 1. The van der Waals surface area contributed by atoms with Gasteiger partial charge in [-0.15, -0.1) is 0 Å². The summed E-state index contributed by atoms with van der Waals surface area (Å²) in [5, 5.41) is 10.8. The molecule has 1 aliphatic rings. The van der Waals surface area contributed by atoms with Crippen molar-refractivity contribution in [1.29, 1.82) is 0 Å². The zero-order chi connectivity index (χ0) is 12.3. The number of rotatable bonds is 3. The van der Waals surface area contributed by atoms with E-state index in [1.807, 2.05) is 24.3 Å². The topological polar surface area (TPSA) is 40.1 Å². The maximum Gasteiger partial charge on any atom is 1.00 e. The smallest absolute Gasteiger partial charge is 0.550 e. The van der Waals surface area contributed by atoms with Gasteiger partial charge in [-0.25, -0.2) is 0 Å². The van der Waals surface area contributed by atoms with E-state index >= 15 is 0 Å². The van der Waals surface area contributed by atoms with Gasteiger partial charge in [-0.1, -0.05) is 37.3 Å². The van der Waals surface area contributed by atoms with Crippen molar-refractivity contribution in [3.8, 4) is 0 Å². The third-order valence-electron chi connectivity index (χ3n) is 3.43. The second kappa shape index (κ2) is 7.13. The van der Waals surface area contributed by atoms with E-state index in [4.69, 9.17) is 0 Å². The van der Waals surface area contributed by atoms with Crippen LogP contribution < -0.4 is 34.7 Å². The van der Waals surface area contributed by atoms with Gasteiger partial charge in [0.1, 0.15) is 0 Å². The Kier molecular flexibility index (Phi) is 6.13. The Bertz CT molecular complexity index is 434. The predicted molar refractivity (Wildman–Crippen MR) is 66.3 cm³/mol. The summed E-state index contributed by atoms with van der Waals surface area (Å²) < 4.78 is 0. The molecule has 2 nitrogen and oxygen atoms in total. The molecule has 0 radical (unpaired) electrons. The van der Waals surface area contributed by atoms with Crippen LogP contribution in [0.2, 0.25) is 0 Å². The van der Waals surface area contributed by atoms with Gasteiger partial charge in [-0.05, 0) is 42.4 Å². The summed E-state index contributed by atoms with van der Waals surface area (Å²) in [4.78, 5) is 10.8. The Labute approximate surface area is 130 Å². The molecule has 1 aromatic rings. The quantitative estimate of drug-likeness (QED) is 0.681. The van der Waals surface area contributed by atoms with Crippen LogP contribution in [0.3, 0.4) is 0 Å².